The molecule has 1 aliphatic heterocycles. The maximum atomic E-state index is 11.1. The van der Waals surface area contributed by atoms with Gasteiger partial charge in [-0.1, -0.05) is 6.92 Å². The summed E-state index contributed by atoms with van der Waals surface area (Å²) in [6.45, 7) is 4.00. The fourth-order valence-electron chi connectivity index (χ4n) is 3.68. The smallest absolute Gasteiger partial charge is 0.274 e. The fourth-order valence-corrected chi connectivity index (χ4v) is 4.17. The number of hydrogen-bond donors (Lipinski definition) is 3. The van der Waals surface area contributed by atoms with Crippen LogP contribution in [0.5, 0.6) is 5.75 Å². The number of aldehydes is 1. The van der Waals surface area contributed by atoms with Gasteiger partial charge in [0.2, 0.25) is 0 Å². The van der Waals surface area contributed by atoms with E-state index < -0.39 is 10.2 Å². The summed E-state index contributed by atoms with van der Waals surface area (Å²) in [7, 11) is -3.66. The van der Waals surface area contributed by atoms with Crippen molar-refractivity contribution in [1.29, 1.82) is 0 Å². The first kappa shape index (κ1) is 19.5. The fraction of sp³-hybridized carbons (Fsp3) is 0.444. The third-order valence-electron chi connectivity index (χ3n) is 5.29. The van der Waals surface area contributed by atoms with Crippen LogP contribution in [0.2, 0.25) is 0 Å². The van der Waals surface area contributed by atoms with Gasteiger partial charge in [-0.25, -0.2) is 9.86 Å². The van der Waals surface area contributed by atoms with Gasteiger partial charge in [0.1, 0.15) is 5.75 Å². The molecule has 8 nitrogen and oxygen atoms in total. The van der Waals surface area contributed by atoms with Crippen LogP contribution in [0.1, 0.15) is 30.1 Å². The van der Waals surface area contributed by atoms with Crippen molar-refractivity contribution < 1.29 is 18.3 Å². The van der Waals surface area contributed by atoms with Gasteiger partial charge in [-0.05, 0) is 42.9 Å². The molecule has 1 fully saturated rings. The van der Waals surface area contributed by atoms with Crippen molar-refractivity contribution in [3.05, 3.63) is 30.0 Å². The number of nitrogens with two attached hydrogens (primary N) is 1. The minimum atomic E-state index is -3.66. The minimum absolute atomic E-state index is 0.0515. The molecule has 0 saturated carbocycles. The summed E-state index contributed by atoms with van der Waals surface area (Å²) in [5.74, 6) is 0.543. The number of nitrogens with one attached hydrogen (secondary N) is 1. The molecular weight excluding hydrogens is 368 g/mol. The second-order valence-corrected chi connectivity index (χ2v) is 8.45. The molecule has 1 aromatic heterocycles. The molecule has 0 radical (unpaired) electrons. The van der Waals surface area contributed by atoms with Crippen LogP contribution in [0.3, 0.4) is 0 Å². The highest BCUT2D eigenvalue weighted by Gasteiger charge is 2.25. The van der Waals surface area contributed by atoms with Crippen molar-refractivity contribution in [3.63, 3.8) is 0 Å². The second kappa shape index (κ2) is 7.79. The maximum Gasteiger partial charge on any atom is 0.274 e. The van der Waals surface area contributed by atoms with Crippen LogP contribution in [0.25, 0.3) is 10.9 Å². The van der Waals surface area contributed by atoms with Crippen LogP contribution in [0, 0.1) is 11.8 Å². The van der Waals surface area contributed by atoms with E-state index in [1.807, 2.05) is 13.0 Å². The molecule has 1 aliphatic rings. The SMILES string of the molecule is CC(CNS(N)(=O)=O)C1CCN(c2ccnc3cc(C=O)c(O)cc23)CC1. The number of phenols is 1. The van der Waals surface area contributed by atoms with Gasteiger partial charge in [0.25, 0.3) is 10.2 Å². The van der Waals surface area contributed by atoms with Crippen molar-refractivity contribution in [2.24, 2.45) is 17.0 Å². The standard InChI is InChI=1S/C18H24N4O4S/c1-12(10-21-27(19,25)26)13-3-6-22(7-4-13)17-2-5-20-16-8-14(11-23)18(24)9-15(16)17/h2,5,8-9,11-13,21,24H,3-4,6-7,10H2,1H3,(H2,19,25,26). The molecule has 2 heterocycles. The normalized spacial score (nSPS) is 17.2. The molecule has 2 aromatic rings. The molecule has 0 aliphatic carbocycles. The second-order valence-electron chi connectivity index (χ2n) is 7.07. The Morgan fingerprint density at radius 2 is 2.11 bits per heavy atom. The van der Waals surface area contributed by atoms with E-state index in [9.17, 15) is 18.3 Å². The van der Waals surface area contributed by atoms with Crippen LogP contribution in [0.15, 0.2) is 24.4 Å². The largest absolute Gasteiger partial charge is 0.507 e. The molecule has 146 valence electrons. The first-order valence-corrected chi connectivity index (χ1v) is 10.4. The lowest BCUT2D eigenvalue weighted by Crippen LogP contribution is -2.40. The average molecular weight is 392 g/mol. The third-order valence-corrected chi connectivity index (χ3v) is 5.85. The number of rotatable bonds is 6. The number of benzene rings is 1. The maximum absolute atomic E-state index is 11.1. The van der Waals surface area contributed by atoms with Gasteiger partial charge in [0.15, 0.2) is 6.29 Å². The van der Waals surface area contributed by atoms with E-state index in [-0.39, 0.29) is 17.2 Å². The Morgan fingerprint density at radius 1 is 1.41 bits per heavy atom. The third kappa shape index (κ3) is 4.55. The Kier molecular flexibility index (Phi) is 5.64. The van der Waals surface area contributed by atoms with Crippen LogP contribution in [0.4, 0.5) is 5.69 Å². The number of pyridine rings is 1. The minimum Gasteiger partial charge on any atom is -0.507 e. The zero-order chi connectivity index (χ0) is 19.6. The quantitative estimate of drug-likeness (QED) is 0.638. The van der Waals surface area contributed by atoms with E-state index in [1.54, 1.807) is 18.3 Å². The van der Waals surface area contributed by atoms with E-state index in [4.69, 9.17) is 5.14 Å². The van der Waals surface area contributed by atoms with Crippen molar-refractivity contribution in [3.8, 4) is 5.75 Å². The molecule has 3 rings (SSSR count). The monoisotopic (exact) mass is 392 g/mol. The molecule has 1 aromatic carbocycles. The Balaban J connectivity index is 1.73. The molecule has 1 atom stereocenters. The molecule has 9 heteroatoms. The Hall–Kier alpha value is -2.23. The molecule has 0 bridgehead atoms. The van der Waals surface area contributed by atoms with Crippen LogP contribution in [-0.4, -0.2) is 44.4 Å². The molecule has 27 heavy (non-hydrogen) atoms. The zero-order valence-corrected chi connectivity index (χ0v) is 15.9. The summed E-state index contributed by atoms with van der Waals surface area (Å²) in [4.78, 5) is 17.6. The van der Waals surface area contributed by atoms with Crippen molar-refractivity contribution >= 4 is 33.1 Å². The number of hydrogen-bond acceptors (Lipinski definition) is 6. The van der Waals surface area contributed by atoms with Crippen molar-refractivity contribution in [2.75, 3.05) is 24.5 Å². The van der Waals surface area contributed by atoms with Gasteiger partial charge >= 0.3 is 0 Å². The number of aromatic nitrogens is 1. The Morgan fingerprint density at radius 3 is 2.74 bits per heavy atom. The van der Waals surface area contributed by atoms with Gasteiger partial charge in [0, 0.05) is 36.9 Å². The zero-order valence-electron chi connectivity index (χ0n) is 15.1. The highest BCUT2D eigenvalue weighted by molar-refractivity contribution is 7.87. The number of nitrogens with zero attached hydrogens (tertiary/aromatic N) is 2. The van der Waals surface area contributed by atoms with Gasteiger partial charge in [0.05, 0.1) is 11.1 Å². The van der Waals surface area contributed by atoms with E-state index in [2.05, 4.69) is 14.6 Å². The average Bonchev–Trinajstić information content (AvgIpc) is 2.64. The van der Waals surface area contributed by atoms with Crippen LogP contribution in [-0.2, 0) is 10.2 Å². The molecule has 1 unspecified atom stereocenters. The molecular formula is C18H24N4O4S. The summed E-state index contributed by atoms with van der Waals surface area (Å²) in [5.41, 5.74) is 1.86. The summed E-state index contributed by atoms with van der Waals surface area (Å²) >= 11 is 0. The van der Waals surface area contributed by atoms with Crippen molar-refractivity contribution in [1.82, 2.24) is 9.71 Å². The van der Waals surface area contributed by atoms with Gasteiger partial charge in [-0.3, -0.25) is 9.78 Å². The molecule has 0 amide bonds. The first-order valence-electron chi connectivity index (χ1n) is 8.87. The van der Waals surface area contributed by atoms with Gasteiger partial charge < -0.3 is 10.0 Å². The lowest BCUT2D eigenvalue weighted by Gasteiger charge is -2.36. The topological polar surface area (TPSA) is 126 Å². The first-order chi connectivity index (χ1) is 12.8. The highest BCUT2D eigenvalue weighted by atomic mass is 32.2. The van der Waals surface area contributed by atoms with Crippen LogP contribution < -0.4 is 14.8 Å². The summed E-state index contributed by atoms with van der Waals surface area (Å²) in [6.07, 6.45) is 4.17. The van der Waals surface area contributed by atoms with E-state index in [1.165, 1.54) is 0 Å². The highest BCUT2D eigenvalue weighted by Crippen LogP contribution is 2.34. The summed E-state index contributed by atoms with van der Waals surface area (Å²) in [6, 6.07) is 5.09. The number of carbonyl (C=O) groups excluding carboxylic acids is 1. The summed E-state index contributed by atoms with van der Waals surface area (Å²) in [5, 5.41) is 15.8. The Bertz CT molecular complexity index is 940. The number of aromatic hydroxyl groups is 1. The Labute approximate surface area is 158 Å². The number of piperidine rings is 1. The predicted octanol–water partition coefficient (Wildman–Crippen LogP) is 1.40. The predicted molar refractivity (Wildman–Crippen MR) is 104 cm³/mol. The summed E-state index contributed by atoms with van der Waals surface area (Å²) < 4.78 is 24.5. The number of fused-ring (bicyclic) bond motifs is 1. The van der Waals surface area contributed by atoms with E-state index in [0.29, 0.717) is 24.3 Å². The molecule has 0 spiro atoms. The lowest BCUT2D eigenvalue weighted by atomic mass is 9.85. The molecule has 4 N–H and O–H groups in total. The van der Waals surface area contributed by atoms with Gasteiger partial charge in [-0.15, -0.1) is 0 Å². The van der Waals surface area contributed by atoms with Crippen LogP contribution >= 0.6 is 0 Å². The van der Waals surface area contributed by atoms with E-state index in [0.717, 1.165) is 37.0 Å². The lowest BCUT2D eigenvalue weighted by molar-refractivity contribution is 0.112. The van der Waals surface area contributed by atoms with E-state index >= 15 is 0 Å². The van der Waals surface area contributed by atoms with Crippen molar-refractivity contribution in [2.45, 2.75) is 19.8 Å². The van der Waals surface area contributed by atoms with Gasteiger partial charge in [-0.2, -0.15) is 8.42 Å². The number of anilines is 1. The number of carbonyl (C=O) groups is 1. The molecule has 1 saturated heterocycles. The number of phenolic OH excluding ortho intramolecular Hbond substituents is 1.